The Hall–Kier alpha value is -2.43. The zero-order valence-corrected chi connectivity index (χ0v) is 16.1. The van der Waals surface area contributed by atoms with Gasteiger partial charge in [0.05, 0.1) is 5.57 Å². The maximum Gasteiger partial charge on any atom is 0.737 e. The fraction of sp³-hybridized carbons (Fsp3) is 0.286. The molecule has 2 aliphatic heterocycles. The molecule has 0 spiro atoms. The van der Waals surface area contributed by atoms with Gasteiger partial charge in [0.25, 0.3) is 0 Å². The van der Waals surface area contributed by atoms with Crippen LogP contribution in [0.4, 0.5) is 8.63 Å². The summed E-state index contributed by atoms with van der Waals surface area (Å²) < 4.78 is 33.6. The molecule has 2 nitrogen and oxygen atoms in total. The third-order valence-electron chi connectivity index (χ3n) is 5.73. The molecule has 5 heteroatoms. The van der Waals surface area contributed by atoms with Gasteiger partial charge in [-0.2, -0.15) is 0 Å². The summed E-state index contributed by atoms with van der Waals surface area (Å²) in [6.07, 6.45) is 1.86. The Kier molecular flexibility index (Phi) is 3.46. The van der Waals surface area contributed by atoms with Gasteiger partial charge in [0, 0.05) is 24.3 Å². The van der Waals surface area contributed by atoms with Gasteiger partial charge in [-0.1, -0.05) is 18.2 Å². The molecular formula is C21H23BF2N2. The fourth-order valence-corrected chi connectivity index (χ4v) is 4.47. The van der Waals surface area contributed by atoms with Crippen molar-refractivity contribution in [2.24, 2.45) is 0 Å². The molecule has 3 heterocycles. The average molecular weight is 352 g/mol. The molecule has 26 heavy (non-hydrogen) atoms. The molecule has 134 valence electrons. The van der Waals surface area contributed by atoms with Crippen LogP contribution in [0.25, 0.3) is 5.57 Å². The third kappa shape index (κ3) is 2.06. The van der Waals surface area contributed by atoms with Gasteiger partial charge in [0.15, 0.2) is 5.70 Å². The molecule has 2 aliphatic rings. The Morgan fingerprint density at radius 2 is 1.58 bits per heavy atom. The largest absolute Gasteiger partial charge is 0.737 e. The van der Waals surface area contributed by atoms with E-state index in [-0.39, 0.29) is 0 Å². The first-order valence-electron chi connectivity index (χ1n) is 8.99. The zero-order chi connectivity index (χ0) is 19.0. The summed E-state index contributed by atoms with van der Waals surface area (Å²) in [5, 5.41) is 0. The van der Waals surface area contributed by atoms with E-state index in [1.165, 1.54) is 14.5 Å². The predicted molar refractivity (Wildman–Crippen MR) is 104 cm³/mol. The number of benzene rings is 1. The van der Waals surface area contributed by atoms with Gasteiger partial charge in [-0.05, 0) is 68.6 Å². The average Bonchev–Trinajstić information content (AvgIpc) is 3.01. The van der Waals surface area contributed by atoms with E-state index >= 15 is 8.63 Å². The topological polar surface area (TPSA) is 7.94 Å². The predicted octanol–water partition coefficient (Wildman–Crippen LogP) is 5.15. The fourth-order valence-electron chi connectivity index (χ4n) is 4.47. The lowest BCUT2D eigenvalue weighted by Crippen LogP contribution is -2.51. The molecule has 0 aliphatic carbocycles. The van der Waals surface area contributed by atoms with Crippen LogP contribution in [0.3, 0.4) is 0 Å². The molecule has 0 bridgehead atoms. The molecular weight excluding hydrogens is 329 g/mol. The first-order valence-corrected chi connectivity index (χ1v) is 8.99. The van der Waals surface area contributed by atoms with Gasteiger partial charge in [-0.15, -0.1) is 0 Å². The molecule has 1 aromatic carbocycles. The van der Waals surface area contributed by atoms with E-state index in [4.69, 9.17) is 0 Å². The summed E-state index contributed by atoms with van der Waals surface area (Å²) in [4.78, 5) is 0. The van der Waals surface area contributed by atoms with Crippen LogP contribution in [0, 0.1) is 27.7 Å². The van der Waals surface area contributed by atoms with Gasteiger partial charge in [0.1, 0.15) is 5.71 Å². The number of allylic oxidation sites excluding steroid dienone is 2. The molecule has 0 N–H and O–H groups in total. The Balaban J connectivity index is 2.17. The molecule has 0 atom stereocenters. The highest BCUT2D eigenvalue weighted by Gasteiger charge is 2.55. The SMILES string of the molecule is CC1=CC(C)=[N+]2C1=C(c1ccc(C)c(C)c1)c1c(C)cc(C)n1[B-]2(F)F. The standard InChI is InChI=1S/C21H23BF2N2/c1-12-7-8-18(11-13(12)2)19-20-14(3)9-16(5)25(20)22(23,24)26-17(6)10-15(4)21(19)26/h7-11H,1-6H3. The summed E-state index contributed by atoms with van der Waals surface area (Å²) in [5.41, 5.74) is 8.52. The number of rotatable bonds is 1. The van der Waals surface area contributed by atoms with E-state index in [9.17, 15) is 0 Å². The number of halogens is 2. The van der Waals surface area contributed by atoms with Crippen LogP contribution in [0.15, 0.2) is 41.6 Å². The van der Waals surface area contributed by atoms with Crippen LogP contribution in [-0.2, 0) is 0 Å². The summed E-state index contributed by atoms with van der Waals surface area (Å²) in [5.74, 6) is 0. The summed E-state index contributed by atoms with van der Waals surface area (Å²) in [6, 6.07) is 8.09. The Bertz CT molecular complexity index is 1070. The van der Waals surface area contributed by atoms with Crippen molar-refractivity contribution in [2.45, 2.75) is 41.5 Å². The molecule has 4 rings (SSSR count). The number of hydrogen-bond donors (Lipinski definition) is 0. The maximum absolute atomic E-state index is 15.5. The third-order valence-corrected chi connectivity index (χ3v) is 5.73. The number of aryl methyl sites for hydroxylation is 4. The van der Waals surface area contributed by atoms with Gasteiger partial charge < -0.3 is 17.6 Å². The van der Waals surface area contributed by atoms with Crippen molar-refractivity contribution in [1.82, 2.24) is 4.48 Å². The molecule has 2 aromatic rings. The second-order valence-corrected chi connectivity index (χ2v) is 7.64. The number of aromatic nitrogens is 1. The highest BCUT2D eigenvalue weighted by Crippen LogP contribution is 2.44. The quantitative estimate of drug-likeness (QED) is 0.627. The van der Waals surface area contributed by atoms with Crippen LogP contribution in [0.5, 0.6) is 0 Å². The molecule has 0 radical (unpaired) electrons. The van der Waals surface area contributed by atoms with Crippen molar-refractivity contribution in [2.75, 3.05) is 0 Å². The minimum Gasteiger partial charge on any atom is -0.393 e. The molecule has 0 fully saturated rings. The minimum absolute atomic E-state index is 0.597. The molecule has 0 saturated heterocycles. The van der Waals surface area contributed by atoms with Crippen LogP contribution in [-0.4, -0.2) is 21.6 Å². The highest BCUT2D eigenvalue weighted by atomic mass is 19.2. The minimum atomic E-state index is -3.91. The number of nitrogens with zero attached hydrogens (tertiary/aromatic N) is 2. The van der Waals surface area contributed by atoms with Crippen molar-refractivity contribution in [3.63, 3.8) is 0 Å². The van der Waals surface area contributed by atoms with E-state index in [2.05, 4.69) is 26.0 Å². The normalized spacial score (nSPS) is 18.2. The first kappa shape index (κ1) is 17.0. The Morgan fingerprint density at radius 3 is 2.23 bits per heavy atom. The van der Waals surface area contributed by atoms with Crippen molar-refractivity contribution in [3.05, 3.63) is 75.3 Å². The lowest BCUT2D eigenvalue weighted by molar-refractivity contribution is -0.363. The van der Waals surface area contributed by atoms with Crippen molar-refractivity contribution < 1.29 is 13.1 Å². The van der Waals surface area contributed by atoms with Crippen molar-refractivity contribution in [3.8, 4) is 0 Å². The summed E-state index contributed by atoms with van der Waals surface area (Å²) in [6.45, 7) is 7.60. The second-order valence-electron chi connectivity index (χ2n) is 7.64. The van der Waals surface area contributed by atoms with Crippen LogP contribution >= 0.6 is 0 Å². The number of fused-ring (bicyclic) bond motifs is 2. The monoisotopic (exact) mass is 352 g/mol. The molecule has 0 saturated carbocycles. The van der Waals surface area contributed by atoms with Gasteiger partial charge in [-0.3, -0.25) is 0 Å². The second kappa shape index (κ2) is 5.29. The smallest absolute Gasteiger partial charge is 0.393 e. The highest BCUT2D eigenvalue weighted by molar-refractivity contribution is 6.58. The van der Waals surface area contributed by atoms with E-state index in [1.807, 2.05) is 32.1 Å². The van der Waals surface area contributed by atoms with Crippen LogP contribution < -0.4 is 0 Å². The molecule has 1 aromatic heterocycles. The maximum atomic E-state index is 15.5. The van der Waals surface area contributed by atoms with Crippen molar-refractivity contribution >= 4 is 18.3 Å². The summed E-state index contributed by atoms with van der Waals surface area (Å²) >= 11 is 0. The van der Waals surface area contributed by atoms with Crippen molar-refractivity contribution in [1.29, 1.82) is 0 Å². The van der Waals surface area contributed by atoms with E-state index in [1.54, 1.807) is 13.8 Å². The number of hydrogen-bond acceptors (Lipinski definition) is 0. The Labute approximate surface area is 153 Å². The zero-order valence-electron chi connectivity index (χ0n) is 16.1. The molecule has 0 unspecified atom stereocenters. The van der Waals surface area contributed by atoms with Gasteiger partial charge in [0.2, 0.25) is 0 Å². The lowest BCUT2D eigenvalue weighted by atomic mass is 9.83. The van der Waals surface area contributed by atoms with E-state index in [0.29, 0.717) is 22.8 Å². The summed E-state index contributed by atoms with van der Waals surface area (Å²) in [7, 11) is 0. The van der Waals surface area contributed by atoms with Crippen LogP contribution in [0.1, 0.15) is 47.5 Å². The van der Waals surface area contributed by atoms with Gasteiger partial charge >= 0.3 is 6.97 Å². The lowest BCUT2D eigenvalue weighted by Gasteiger charge is -2.34. The van der Waals surface area contributed by atoms with Gasteiger partial charge in [-0.25, -0.2) is 0 Å². The van der Waals surface area contributed by atoms with Crippen LogP contribution in [0.2, 0.25) is 0 Å². The molecule has 0 amide bonds. The Morgan fingerprint density at radius 1 is 0.885 bits per heavy atom. The first-order chi connectivity index (χ1) is 12.1. The van der Waals surface area contributed by atoms with E-state index < -0.39 is 6.97 Å². The van der Waals surface area contributed by atoms with E-state index in [0.717, 1.165) is 27.8 Å².